The minimum atomic E-state index is -5.13. The Balaban J connectivity index is 0.925. The van der Waals surface area contributed by atoms with Crippen molar-refractivity contribution in [1.82, 2.24) is 30.4 Å². The van der Waals surface area contributed by atoms with Gasteiger partial charge in [-0.25, -0.2) is 9.37 Å². The Kier molecular flexibility index (Phi) is 18.3. The Morgan fingerprint density at radius 1 is 1.00 bits per heavy atom. The zero-order valence-electron chi connectivity index (χ0n) is 41.8. The second-order valence-electron chi connectivity index (χ2n) is 19.9. The maximum Gasteiger partial charge on any atom is 0.420 e. The molecular formula is C52H63F4N9O5S2. The van der Waals surface area contributed by atoms with Gasteiger partial charge in [0.2, 0.25) is 17.7 Å². The van der Waals surface area contributed by atoms with Crippen LogP contribution in [0, 0.1) is 29.5 Å². The molecule has 2 fully saturated rings. The number of nitrogens with zero attached hydrogens (tertiary/aromatic N) is 7. The topological polar surface area (TPSA) is 164 Å². The molecule has 2 saturated heterocycles. The smallest absolute Gasteiger partial charge is 0.372 e. The van der Waals surface area contributed by atoms with Crippen LogP contribution in [-0.4, -0.2) is 113 Å². The largest absolute Gasteiger partial charge is 0.420 e. The summed E-state index contributed by atoms with van der Waals surface area (Å²) < 4.78 is 62.5. The second kappa shape index (κ2) is 23.8. The Hall–Kier alpha value is -5.88. The van der Waals surface area contributed by atoms with E-state index in [0.717, 1.165) is 89.7 Å². The van der Waals surface area contributed by atoms with Crippen LogP contribution in [-0.2, 0) is 36.6 Å². The van der Waals surface area contributed by atoms with E-state index < -0.39 is 57.8 Å². The molecule has 14 nitrogen and oxygen atoms in total. The van der Waals surface area contributed by atoms with E-state index in [9.17, 15) is 37.6 Å². The van der Waals surface area contributed by atoms with Gasteiger partial charge in [-0.1, -0.05) is 45.0 Å². The van der Waals surface area contributed by atoms with Gasteiger partial charge in [-0.15, -0.1) is 11.3 Å². The first-order valence-corrected chi connectivity index (χ1v) is 25.3. The summed E-state index contributed by atoms with van der Waals surface area (Å²) in [4.78, 5) is 69.4. The van der Waals surface area contributed by atoms with Gasteiger partial charge in [-0.2, -0.15) is 18.4 Å². The summed E-state index contributed by atoms with van der Waals surface area (Å²) in [6, 6.07) is 13.4. The summed E-state index contributed by atoms with van der Waals surface area (Å²) in [5.74, 6) is -2.42. The molecule has 2 atom stereocenters. The number of halogens is 4. The Bertz CT molecular complexity index is 2610. The lowest BCUT2D eigenvalue weighted by molar-refractivity contribution is -0.144. The molecule has 4 aromatic rings. The number of hydrogen-bond donors (Lipinski definition) is 2. The molecule has 6 rings (SSSR count). The number of aryl methyl sites for hydroxylation is 1. The molecule has 4 heterocycles. The average molecular weight is 1030 g/mol. The quantitative estimate of drug-likeness (QED) is 0.0423. The molecule has 72 heavy (non-hydrogen) atoms. The standard InChI is InChI=1S/C52H63F4N9O5S2/c1-33-45(72-32-60-33)36-14-12-34(13-15-36)28-59-47(68)41-11-10-23-64(41)48(69)46(50(2,3)4)61-42(67)30-70-26-9-8-22-63-24-20-35(21-25-63)39-18-17-38(29-58-39)65(51(5,6)31-66)49(71)62(7)40-19-16-37(27-57)43(44(40)53)52(54,55)56/h12-19,29,31-32,35,41,46H,8-11,20-26,28,30H2,1-7H3,(H,59,68)(H,61,67)/t41-,46?/m0/s1. The molecule has 2 aliphatic heterocycles. The van der Waals surface area contributed by atoms with E-state index in [-0.39, 0.29) is 29.5 Å². The fraction of sp³-hybridized carbons (Fsp3) is 0.500. The molecule has 1 unspecified atom stereocenters. The van der Waals surface area contributed by atoms with Crippen molar-refractivity contribution in [1.29, 1.82) is 5.26 Å². The first-order valence-electron chi connectivity index (χ1n) is 24.0. The van der Waals surface area contributed by atoms with Crippen molar-refractivity contribution in [3.8, 4) is 16.5 Å². The van der Waals surface area contributed by atoms with Crippen LogP contribution < -0.4 is 20.4 Å². The number of nitriles is 1. The fourth-order valence-electron chi connectivity index (χ4n) is 9.10. The van der Waals surface area contributed by atoms with Crippen molar-refractivity contribution in [2.24, 2.45) is 5.41 Å². The van der Waals surface area contributed by atoms with Gasteiger partial charge in [-0.3, -0.25) is 19.4 Å². The normalized spacial score (nSPS) is 16.2. The van der Waals surface area contributed by atoms with Crippen LogP contribution in [0.1, 0.15) is 107 Å². The average Bonchev–Trinajstić information content (AvgIpc) is 4.02. The molecule has 0 spiro atoms. The molecule has 3 amide bonds. The molecule has 0 bridgehead atoms. The SMILES string of the molecule is Cc1ncsc1-c1ccc(CNC(=O)[C@@H]2CCCN2C(=O)C(NC(=O)COCCCCN2CCC(c3ccc(N(C(=S)N(C)c4ccc(C#N)c(C(F)(F)F)c4F)C(C)(C)C=O)cn3)CC2)C(C)(C)C)cc1. The van der Waals surface area contributed by atoms with Crippen LogP contribution in [0.3, 0.4) is 0 Å². The number of thiazole rings is 1. The Labute approximate surface area is 428 Å². The maximum atomic E-state index is 15.4. The highest BCUT2D eigenvalue weighted by molar-refractivity contribution is 7.80. The summed E-state index contributed by atoms with van der Waals surface area (Å²) in [6.07, 6.45) is 1.52. The van der Waals surface area contributed by atoms with Gasteiger partial charge in [-0.05, 0) is 132 Å². The Morgan fingerprint density at radius 2 is 1.71 bits per heavy atom. The second-order valence-corrected chi connectivity index (χ2v) is 21.2. The number of carbonyl (C=O) groups excluding carboxylic acids is 4. The van der Waals surface area contributed by atoms with Gasteiger partial charge < -0.3 is 39.8 Å². The number of carbonyl (C=O) groups is 4. The van der Waals surface area contributed by atoms with Crippen LogP contribution in [0.4, 0.5) is 28.9 Å². The third kappa shape index (κ3) is 13.4. The van der Waals surface area contributed by atoms with Crippen molar-refractivity contribution >= 4 is 64.0 Å². The van der Waals surface area contributed by atoms with Gasteiger partial charge in [0.1, 0.15) is 30.5 Å². The van der Waals surface area contributed by atoms with Crippen molar-refractivity contribution in [2.75, 3.05) is 56.2 Å². The molecule has 2 N–H and O–H groups in total. The van der Waals surface area contributed by atoms with Crippen molar-refractivity contribution in [2.45, 2.75) is 116 Å². The van der Waals surface area contributed by atoms with Crippen molar-refractivity contribution < 1.29 is 41.5 Å². The molecular weight excluding hydrogens is 971 g/mol. The van der Waals surface area contributed by atoms with Gasteiger partial charge in [0.15, 0.2) is 10.9 Å². The molecule has 2 aromatic carbocycles. The fourth-order valence-corrected chi connectivity index (χ4v) is 10.3. The van der Waals surface area contributed by atoms with Gasteiger partial charge in [0.25, 0.3) is 0 Å². The van der Waals surface area contributed by atoms with E-state index in [4.69, 9.17) is 21.9 Å². The summed E-state index contributed by atoms with van der Waals surface area (Å²) in [5, 5.41) is 15.0. The lowest BCUT2D eigenvalue weighted by atomic mass is 9.85. The number of ether oxygens (including phenoxy) is 1. The molecule has 20 heteroatoms. The number of nitrogens with one attached hydrogen (secondary N) is 2. The number of aromatic nitrogens is 2. The number of alkyl halides is 3. The summed E-state index contributed by atoms with van der Waals surface area (Å²) in [7, 11) is 1.29. The minimum Gasteiger partial charge on any atom is -0.372 e. The predicted octanol–water partition coefficient (Wildman–Crippen LogP) is 8.56. The van der Waals surface area contributed by atoms with Crippen LogP contribution in [0.2, 0.25) is 0 Å². The number of pyridine rings is 1. The monoisotopic (exact) mass is 1030 g/mol. The van der Waals surface area contributed by atoms with Crippen LogP contribution in [0.25, 0.3) is 10.4 Å². The first-order chi connectivity index (χ1) is 34.0. The van der Waals surface area contributed by atoms with E-state index in [2.05, 4.69) is 20.5 Å². The van der Waals surface area contributed by atoms with Gasteiger partial charge in [0.05, 0.1) is 50.8 Å². The van der Waals surface area contributed by atoms with E-state index >= 15 is 4.39 Å². The molecule has 386 valence electrons. The summed E-state index contributed by atoms with van der Waals surface area (Å²) >= 11 is 7.24. The molecule has 0 saturated carbocycles. The van der Waals surface area contributed by atoms with E-state index in [1.165, 1.54) is 18.0 Å². The number of hydrogen-bond acceptors (Lipinski definition) is 11. The molecule has 0 aliphatic carbocycles. The third-order valence-electron chi connectivity index (χ3n) is 13.2. The van der Waals surface area contributed by atoms with Crippen LogP contribution in [0.5, 0.6) is 0 Å². The van der Waals surface area contributed by atoms with Crippen molar-refractivity contribution in [3.05, 3.63) is 94.1 Å². The number of likely N-dealkylation sites (tertiary alicyclic amines) is 2. The first kappa shape index (κ1) is 55.4. The summed E-state index contributed by atoms with van der Waals surface area (Å²) in [6.45, 7) is 14.2. The number of anilines is 2. The van der Waals surface area contributed by atoms with Crippen LogP contribution in [0.15, 0.2) is 60.2 Å². The lowest BCUT2D eigenvalue weighted by Gasteiger charge is -2.39. The number of piperidine rings is 1. The number of rotatable bonds is 18. The summed E-state index contributed by atoms with van der Waals surface area (Å²) in [5.41, 5.74) is 1.01. The highest BCUT2D eigenvalue weighted by Crippen LogP contribution is 2.39. The lowest BCUT2D eigenvalue weighted by Crippen LogP contribution is -2.58. The third-order valence-corrected chi connectivity index (χ3v) is 14.6. The molecule has 2 aromatic heterocycles. The van der Waals surface area contributed by atoms with Crippen LogP contribution >= 0.6 is 23.6 Å². The maximum absolute atomic E-state index is 15.4. The Morgan fingerprint density at radius 3 is 2.31 bits per heavy atom. The number of benzene rings is 2. The van der Waals surface area contributed by atoms with E-state index in [1.54, 1.807) is 42.3 Å². The zero-order valence-corrected chi connectivity index (χ0v) is 43.4. The van der Waals surface area contributed by atoms with E-state index in [1.807, 2.05) is 63.5 Å². The van der Waals surface area contributed by atoms with Gasteiger partial charge >= 0.3 is 6.18 Å². The highest BCUT2D eigenvalue weighted by Gasteiger charge is 2.43. The number of thiocarbonyl (C=S) groups is 1. The van der Waals surface area contributed by atoms with Gasteiger partial charge in [0, 0.05) is 38.4 Å². The minimum absolute atomic E-state index is 0.151. The number of amides is 3. The predicted molar refractivity (Wildman–Crippen MR) is 273 cm³/mol. The van der Waals surface area contributed by atoms with Crippen molar-refractivity contribution in [3.63, 3.8) is 0 Å². The molecule has 0 radical (unpaired) electrons. The zero-order chi connectivity index (χ0) is 52.5. The molecule has 2 aliphatic rings. The number of aldehydes is 1. The highest BCUT2D eigenvalue weighted by atomic mass is 32.1. The number of unbranched alkanes of at least 4 members (excludes halogenated alkanes) is 1. The van der Waals surface area contributed by atoms with E-state index in [0.29, 0.717) is 44.5 Å².